The minimum Gasteiger partial charge on any atom is -0.473 e. The van der Waals surface area contributed by atoms with Crippen molar-refractivity contribution < 1.29 is 19.8 Å². The molecule has 2 aromatic carbocycles. The molecule has 0 radical (unpaired) electrons. The van der Waals surface area contributed by atoms with Crippen molar-refractivity contribution in [1.82, 2.24) is 9.80 Å². The molecule has 162 valence electrons. The second-order valence-electron chi connectivity index (χ2n) is 8.49. The topological polar surface area (TPSA) is 81.1 Å². The van der Waals surface area contributed by atoms with Crippen molar-refractivity contribution in [3.8, 4) is 0 Å². The number of rotatable bonds is 3. The zero-order chi connectivity index (χ0) is 21.5. The second-order valence-corrected chi connectivity index (χ2v) is 8.49. The molecule has 1 saturated carbocycles. The van der Waals surface area contributed by atoms with Gasteiger partial charge in [-0.15, -0.1) is 0 Å². The van der Waals surface area contributed by atoms with Gasteiger partial charge in [0.2, 0.25) is 0 Å². The van der Waals surface area contributed by atoms with Crippen molar-refractivity contribution in [1.29, 1.82) is 0 Å². The van der Waals surface area contributed by atoms with Gasteiger partial charge in [0.15, 0.2) is 0 Å². The molecule has 2 fully saturated rings. The molecule has 1 aliphatic carbocycles. The number of hydrogen-bond donors (Lipinski definition) is 2. The maximum absolute atomic E-state index is 9.10. The molecule has 2 unspecified atom stereocenters. The Hall–Kier alpha value is -2.44. The Labute approximate surface area is 178 Å². The third-order valence-electron chi connectivity index (χ3n) is 6.29. The van der Waals surface area contributed by atoms with E-state index in [1.807, 2.05) is 0 Å². The molecule has 30 heavy (non-hydrogen) atoms. The molecular weight excluding hydrogens is 380 g/mol. The van der Waals surface area contributed by atoms with Crippen LogP contribution in [-0.2, 0) is 16.1 Å². The number of carboxylic acid groups (broad SMARTS) is 2. The molecule has 0 amide bonds. The van der Waals surface area contributed by atoms with E-state index in [0.717, 1.165) is 18.5 Å². The minimum absolute atomic E-state index is 0.855. The van der Waals surface area contributed by atoms with Gasteiger partial charge in [0.25, 0.3) is 0 Å². The lowest BCUT2D eigenvalue weighted by molar-refractivity contribution is -0.159. The van der Waals surface area contributed by atoms with Crippen molar-refractivity contribution >= 4 is 22.7 Å². The molecule has 1 aliphatic heterocycles. The van der Waals surface area contributed by atoms with Crippen LogP contribution in [0.3, 0.4) is 0 Å². The summed E-state index contributed by atoms with van der Waals surface area (Å²) in [7, 11) is 0. The van der Waals surface area contributed by atoms with E-state index in [2.05, 4.69) is 59.2 Å². The summed E-state index contributed by atoms with van der Waals surface area (Å²) in [6.07, 6.45) is 5.72. The maximum atomic E-state index is 9.10. The normalized spacial score (nSPS) is 22.8. The van der Waals surface area contributed by atoms with Crippen LogP contribution in [0.5, 0.6) is 0 Å². The Morgan fingerprint density at radius 1 is 0.933 bits per heavy atom. The highest BCUT2D eigenvalue weighted by atomic mass is 16.4. The van der Waals surface area contributed by atoms with Crippen LogP contribution in [-0.4, -0.2) is 64.2 Å². The van der Waals surface area contributed by atoms with Crippen molar-refractivity contribution in [3.63, 3.8) is 0 Å². The summed E-state index contributed by atoms with van der Waals surface area (Å²) < 4.78 is 0. The Kier molecular flexibility index (Phi) is 7.82. The molecule has 2 aromatic rings. The summed E-state index contributed by atoms with van der Waals surface area (Å²) in [4.78, 5) is 23.6. The molecule has 2 atom stereocenters. The Morgan fingerprint density at radius 2 is 1.60 bits per heavy atom. The van der Waals surface area contributed by atoms with Gasteiger partial charge in [-0.25, -0.2) is 9.59 Å². The van der Waals surface area contributed by atoms with Crippen molar-refractivity contribution in [3.05, 3.63) is 48.0 Å². The SMILES string of the molecule is CC1CCCC(N2CCN(Cc3cccc4ccccc34)CC2)C1.O=C(O)C(=O)O. The van der Waals surface area contributed by atoms with E-state index in [-0.39, 0.29) is 0 Å². The fourth-order valence-electron chi connectivity index (χ4n) is 4.69. The van der Waals surface area contributed by atoms with Crippen LogP contribution in [0.25, 0.3) is 10.8 Å². The predicted octanol–water partition coefficient (Wildman–Crippen LogP) is 3.69. The van der Waals surface area contributed by atoms with Gasteiger partial charge in [0.05, 0.1) is 0 Å². The van der Waals surface area contributed by atoms with Crippen LogP contribution in [0.15, 0.2) is 42.5 Å². The Bertz CT molecular complexity index is 844. The first kappa shape index (κ1) is 22.2. The predicted molar refractivity (Wildman–Crippen MR) is 117 cm³/mol. The average molecular weight is 413 g/mol. The Morgan fingerprint density at radius 3 is 2.27 bits per heavy atom. The van der Waals surface area contributed by atoms with E-state index in [0.29, 0.717) is 0 Å². The van der Waals surface area contributed by atoms with Gasteiger partial charge >= 0.3 is 11.9 Å². The van der Waals surface area contributed by atoms with Gasteiger partial charge < -0.3 is 10.2 Å². The largest absolute Gasteiger partial charge is 0.473 e. The summed E-state index contributed by atoms with van der Waals surface area (Å²) >= 11 is 0. The molecule has 2 aliphatic rings. The zero-order valence-corrected chi connectivity index (χ0v) is 17.7. The van der Waals surface area contributed by atoms with Gasteiger partial charge in [-0.05, 0) is 35.1 Å². The van der Waals surface area contributed by atoms with Gasteiger partial charge in [-0.1, -0.05) is 62.2 Å². The molecule has 0 aromatic heterocycles. The number of hydrogen-bond acceptors (Lipinski definition) is 4. The number of nitrogens with zero attached hydrogens (tertiary/aromatic N) is 2. The van der Waals surface area contributed by atoms with Crippen molar-refractivity contribution in [2.75, 3.05) is 26.2 Å². The molecule has 0 bridgehead atoms. The third-order valence-corrected chi connectivity index (χ3v) is 6.29. The van der Waals surface area contributed by atoms with E-state index >= 15 is 0 Å². The zero-order valence-electron chi connectivity index (χ0n) is 17.7. The van der Waals surface area contributed by atoms with E-state index in [9.17, 15) is 0 Å². The quantitative estimate of drug-likeness (QED) is 0.749. The summed E-state index contributed by atoms with van der Waals surface area (Å²) in [5.41, 5.74) is 1.48. The molecule has 4 rings (SSSR count). The van der Waals surface area contributed by atoms with Crippen molar-refractivity contribution in [2.24, 2.45) is 5.92 Å². The number of benzene rings is 2. The first-order valence-electron chi connectivity index (χ1n) is 10.8. The lowest BCUT2D eigenvalue weighted by atomic mass is 9.86. The van der Waals surface area contributed by atoms with Crippen LogP contribution in [0.4, 0.5) is 0 Å². The number of piperazine rings is 1. The first-order chi connectivity index (χ1) is 14.4. The molecule has 6 heteroatoms. The van der Waals surface area contributed by atoms with Crippen LogP contribution in [0, 0.1) is 5.92 Å². The molecule has 0 spiro atoms. The van der Waals surface area contributed by atoms with Gasteiger partial charge in [-0.3, -0.25) is 9.80 Å². The Balaban J connectivity index is 0.000000377. The molecular formula is C24H32N2O4. The van der Waals surface area contributed by atoms with Gasteiger partial charge in [0, 0.05) is 38.8 Å². The van der Waals surface area contributed by atoms with Gasteiger partial charge in [-0.2, -0.15) is 0 Å². The van der Waals surface area contributed by atoms with Crippen LogP contribution < -0.4 is 0 Å². The second kappa shape index (κ2) is 10.5. The number of fused-ring (bicyclic) bond motifs is 1. The highest BCUT2D eigenvalue weighted by molar-refractivity contribution is 6.27. The van der Waals surface area contributed by atoms with Crippen molar-refractivity contribution in [2.45, 2.75) is 45.2 Å². The number of aliphatic carboxylic acids is 2. The van der Waals surface area contributed by atoms with E-state index in [4.69, 9.17) is 19.8 Å². The third kappa shape index (κ3) is 6.03. The number of carboxylic acids is 2. The minimum atomic E-state index is -1.82. The first-order valence-corrected chi connectivity index (χ1v) is 10.8. The average Bonchev–Trinajstić information content (AvgIpc) is 2.75. The van der Waals surface area contributed by atoms with Crippen LogP contribution in [0.2, 0.25) is 0 Å². The van der Waals surface area contributed by atoms with E-state index in [1.165, 1.54) is 68.2 Å². The summed E-state index contributed by atoms with van der Waals surface area (Å²) in [6, 6.07) is 16.4. The molecule has 1 heterocycles. The summed E-state index contributed by atoms with van der Waals surface area (Å²) in [6.45, 7) is 8.46. The standard InChI is InChI=1S/C22H30N2.C2H2O4/c1-18-6-4-10-21(16-18)24-14-12-23(13-15-24)17-20-9-5-8-19-7-2-3-11-22(19)20;3-1(4)2(5)6/h2-3,5,7-9,11,18,21H,4,6,10,12-17H2,1H3;(H,3,4)(H,5,6). The lowest BCUT2D eigenvalue weighted by Gasteiger charge is -2.42. The fraction of sp³-hybridized carbons (Fsp3) is 0.500. The number of carbonyl (C=O) groups is 2. The fourth-order valence-corrected chi connectivity index (χ4v) is 4.69. The molecule has 2 N–H and O–H groups in total. The molecule has 6 nitrogen and oxygen atoms in total. The highest BCUT2D eigenvalue weighted by Crippen LogP contribution is 2.28. The summed E-state index contributed by atoms with van der Waals surface area (Å²) in [5.74, 6) is -2.72. The summed E-state index contributed by atoms with van der Waals surface area (Å²) in [5, 5.41) is 17.6. The molecule has 1 saturated heterocycles. The van der Waals surface area contributed by atoms with Gasteiger partial charge in [0.1, 0.15) is 0 Å². The van der Waals surface area contributed by atoms with Crippen LogP contribution in [0.1, 0.15) is 38.2 Å². The van der Waals surface area contributed by atoms with E-state index in [1.54, 1.807) is 0 Å². The maximum Gasteiger partial charge on any atom is 0.414 e. The monoisotopic (exact) mass is 412 g/mol. The smallest absolute Gasteiger partial charge is 0.414 e. The van der Waals surface area contributed by atoms with E-state index < -0.39 is 11.9 Å². The van der Waals surface area contributed by atoms with Crippen LogP contribution >= 0.6 is 0 Å². The lowest BCUT2D eigenvalue weighted by Crippen LogP contribution is -2.50. The highest BCUT2D eigenvalue weighted by Gasteiger charge is 2.27.